The van der Waals surface area contributed by atoms with Gasteiger partial charge in [-0.25, -0.2) is 0 Å². The summed E-state index contributed by atoms with van der Waals surface area (Å²) in [6, 6.07) is 19.0. The summed E-state index contributed by atoms with van der Waals surface area (Å²) in [6.07, 6.45) is -4.06. The molecule has 0 aliphatic rings. The summed E-state index contributed by atoms with van der Waals surface area (Å²) in [5, 5.41) is 10.6. The van der Waals surface area contributed by atoms with E-state index in [1.807, 2.05) is 0 Å². The number of nitrogens with two attached hydrogens (primary N) is 1. The molecular weight excluding hydrogens is 407 g/mol. The first-order valence-electron chi connectivity index (χ1n) is 9.30. The summed E-state index contributed by atoms with van der Waals surface area (Å²) in [5.74, 6) is 0.0104. The molecule has 1 aromatic heterocycles. The normalized spacial score (nSPS) is 11.5. The minimum Gasteiger partial charge on any atom is -0.366 e. The van der Waals surface area contributed by atoms with Crippen LogP contribution >= 0.6 is 0 Å². The van der Waals surface area contributed by atoms with Crippen molar-refractivity contribution in [1.82, 2.24) is 15.5 Å². The fraction of sp³-hybridized carbons (Fsp3) is 0.0909. The quantitative estimate of drug-likeness (QED) is 0.481. The topological polar surface area (TPSA) is 88.5 Å². The number of amides is 1. The highest BCUT2D eigenvalue weighted by Crippen LogP contribution is 2.36. The van der Waals surface area contributed by atoms with Gasteiger partial charge in [0, 0.05) is 5.56 Å². The van der Waals surface area contributed by atoms with Gasteiger partial charge in [-0.3, -0.25) is 4.79 Å². The van der Waals surface area contributed by atoms with Gasteiger partial charge >= 0.3 is 12.0 Å². The summed E-state index contributed by atoms with van der Waals surface area (Å²) in [5.41, 5.74) is 7.07. The number of aromatic amines is 1. The number of halogens is 3. The van der Waals surface area contributed by atoms with Crippen LogP contribution in [0.3, 0.4) is 0 Å². The average molecular weight is 424 g/mol. The molecule has 3 N–H and O–H groups in total. The Morgan fingerprint density at radius 2 is 1.74 bits per heavy atom. The number of benzene rings is 3. The van der Waals surface area contributed by atoms with Crippen LogP contribution in [0.25, 0.3) is 16.8 Å². The SMILES string of the molecule is NC(=O)c1cccc(-[n+]2[nH]nnc2Cc2ccc(-c3ccccc3C(F)(F)F)cc2)c1. The first kappa shape index (κ1) is 20.3. The molecule has 1 amide bonds. The molecule has 1 heterocycles. The molecule has 0 atom stereocenters. The van der Waals surface area contributed by atoms with Gasteiger partial charge in [0.15, 0.2) is 5.21 Å². The Balaban J connectivity index is 1.61. The maximum absolute atomic E-state index is 13.3. The highest BCUT2D eigenvalue weighted by atomic mass is 19.4. The van der Waals surface area contributed by atoms with E-state index in [0.717, 1.165) is 11.6 Å². The second-order valence-corrected chi connectivity index (χ2v) is 6.88. The van der Waals surface area contributed by atoms with E-state index >= 15 is 0 Å². The monoisotopic (exact) mass is 424 g/mol. The standard InChI is InChI=1S/C22H16F3N5O/c23-22(24,25)19-7-2-1-6-18(19)15-10-8-14(9-11-15)12-20-27-28-29-30(20)17-5-3-4-16(13-17)21(26)31/h1-11,13H,12H2,(H2,26,31)/p+1. The Bertz CT molecular complexity index is 1230. The molecule has 0 saturated carbocycles. The van der Waals surface area contributed by atoms with Crippen LogP contribution in [0.15, 0.2) is 72.8 Å². The van der Waals surface area contributed by atoms with Gasteiger partial charge in [-0.15, -0.1) is 4.68 Å². The second kappa shape index (κ2) is 8.02. The van der Waals surface area contributed by atoms with E-state index < -0.39 is 17.6 Å². The zero-order valence-corrected chi connectivity index (χ0v) is 16.1. The largest absolute Gasteiger partial charge is 0.417 e. The molecule has 0 fully saturated rings. The van der Waals surface area contributed by atoms with Gasteiger partial charge < -0.3 is 5.73 Å². The first-order chi connectivity index (χ1) is 14.8. The summed E-state index contributed by atoms with van der Waals surface area (Å²) >= 11 is 0. The summed E-state index contributed by atoms with van der Waals surface area (Å²) < 4.78 is 41.5. The summed E-state index contributed by atoms with van der Waals surface area (Å²) in [4.78, 5) is 11.4. The van der Waals surface area contributed by atoms with Crippen LogP contribution in [0.5, 0.6) is 0 Å². The molecule has 156 valence electrons. The molecule has 0 radical (unpaired) electrons. The second-order valence-electron chi connectivity index (χ2n) is 6.88. The van der Waals surface area contributed by atoms with E-state index in [-0.39, 0.29) is 5.56 Å². The Morgan fingerprint density at radius 3 is 2.45 bits per heavy atom. The van der Waals surface area contributed by atoms with Crippen LogP contribution in [-0.4, -0.2) is 21.4 Å². The number of aromatic nitrogens is 4. The van der Waals surface area contributed by atoms with Crippen LogP contribution < -0.4 is 10.4 Å². The molecule has 9 heteroatoms. The molecule has 3 aromatic carbocycles. The molecule has 0 bridgehead atoms. The van der Waals surface area contributed by atoms with Crippen LogP contribution in [-0.2, 0) is 12.6 Å². The summed E-state index contributed by atoms with van der Waals surface area (Å²) in [7, 11) is 0. The Hall–Kier alpha value is -4.01. The predicted molar refractivity (Wildman–Crippen MR) is 106 cm³/mol. The van der Waals surface area contributed by atoms with Gasteiger partial charge in [-0.05, 0) is 41.0 Å². The Morgan fingerprint density at radius 1 is 1.00 bits per heavy atom. The molecule has 31 heavy (non-hydrogen) atoms. The number of primary amides is 1. The van der Waals surface area contributed by atoms with Crippen molar-refractivity contribution < 1.29 is 22.6 Å². The zero-order valence-electron chi connectivity index (χ0n) is 16.1. The number of carbonyl (C=O) groups excluding carboxylic acids is 1. The molecule has 4 rings (SSSR count). The van der Waals surface area contributed by atoms with E-state index in [0.29, 0.717) is 29.1 Å². The van der Waals surface area contributed by atoms with Crippen LogP contribution in [0, 0.1) is 0 Å². The van der Waals surface area contributed by atoms with Crippen molar-refractivity contribution in [3.05, 3.63) is 95.3 Å². The summed E-state index contributed by atoms with van der Waals surface area (Å²) in [6.45, 7) is 0. The van der Waals surface area contributed by atoms with Gasteiger partial charge in [0.25, 0.3) is 0 Å². The minimum atomic E-state index is -4.43. The third-order valence-corrected chi connectivity index (χ3v) is 4.82. The molecule has 0 aliphatic heterocycles. The Kier molecular flexibility index (Phi) is 5.24. The maximum atomic E-state index is 13.3. The number of H-pyrrole nitrogens is 1. The number of rotatable bonds is 5. The predicted octanol–water partition coefficient (Wildman–Crippen LogP) is 3.46. The molecule has 4 aromatic rings. The van der Waals surface area contributed by atoms with Gasteiger partial charge in [0.05, 0.1) is 12.0 Å². The highest BCUT2D eigenvalue weighted by Gasteiger charge is 2.33. The number of nitrogens with zero attached hydrogens (tertiary/aromatic N) is 3. The van der Waals surface area contributed by atoms with Gasteiger partial charge in [-0.2, -0.15) is 13.2 Å². The van der Waals surface area contributed by atoms with E-state index in [1.165, 1.54) is 12.1 Å². The van der Waals surface area contributed by atoms with E-state index in [2.05, 4.69) is 15.5 Å². The van der Waals surface area contributed by atoms with Crippen molar-refractivity contribution >= 4 is 5.91 Å². The van der Waals surface area contributed by atoms with E-state index in [9.17, 15) is 18.0 Å². The number of nitrogens with one attached hydrogen (secondary N) is 1. The lowest BCUT2D eigenvalue weighted by molar-refractivity contribution is -0.667. The number of hydrogen-bond acceptors (Lipinski definition) is 3. The number of carbonyl (C=O) groups is 1. The number of alkyl halides is 3. The molecule has 6 nitrogen and oxygen atoms in total. The number of hydrogen-bond donors (Lipinski definition) is 2. The lowest BCUT2D eigenvalue weighted by Crippen LogP contribution is -2.37. The van der Waals surface area contributed by atoms with Crippen molar-refractivity contribution in [2.75, 3.05) is 0 Å². The van der Waals surface area contributed by atoms with Gasteiger partial charge in [-0.1, -0.05) is 53.7 Å². The lowest BCUT2D eigenvalue weighted by atomic mass is 9.98. The molecule has 0 saturated heterocycles. The molecule has 0 unspecified atom stereocenters. The third-order valence-electron chi connectivity index (χ3n) is 4.82. The number of tetrazole rings is 1. The zero-order chi connectivity index (χ0) is 22.0. The fourth-order valence-electron chi connectivity index (χ4n) is 3.31. The highest BCUT2D eigenvalue weighted by molar-refractivity contribution is 5.93. The maximum Gasteiger partial charge on any atom is 0.417 e. The smallest absolute Gasteiger partial charge is 0.366 e. The molecule has 0 aliphatic carbocycles. The van der Waals surface area contributed by atoms with E-state index in [1.54, 1.807) is 59.3 Å². The van der Waals surface area contributed by atoms with Crippen molar-refractivity contribution in [2.24, 2.45) is 5.73 Å². The Labute approximate surface area is 175 Å². The first-order valence-corrected chi connectivity index (χ1v) is 9.30. The van der Waals surface area contributed by atoms with Crippen LogP contribution in [0.4, 0.5) is 13.2 Å². The van der Waals surface area contributed by atoms with Crippen molar-refractivity contribution in [1.29, 1.82) is 0 Å². The third kappa shape index (κ3) is 4.30. The van der Waals surface area contributed by atoms with Crippen LogP contribution in [0.1, 0.15) is 27.3 Å². The average Bonchev–Trinajstić information content (AvgIpc) is 3.22. The van der Waals surface area contributed by atoms with Gasteiger partial charge in [0.2, 0.25) is 5.91 Å². The fourth-order valence-corrected chi connectivity index (χ4v) is 3.31. The van der Waals surface area contributed by atoms with Crippen molar-refractivity contribution in [2.45, 2.75) is 12.6 Å². The van der Waals surface area contributed by atoms with Crippen molar-refractivity contribution in [3.8, 4) is 16.8 Å². The van der Waals surface area contributed by atoms with Crippen molar-refractivity contribution in [3.63, 3.8) is 0 Å². The van der Waals surface area contributed by atoms with Gasteiger partial charge in [0.1, 0.15) is 10.8 Å². The molecule has 0 spiro atoms. The van der Waals surface area contributed by atoms with E-state index in [4.69, 9.17) is 5.73 Å². The molecular formula is C22H17F3N5O+. The van der Waals surface area contributed by atoms with Crippen LogP contribution in [0.2, 0.25) is 0 Å². The lowest BCUT2D eigenvalue weighted by Gasteiger charge is -2.13. The minimum absolute atomic E-state index is 0.126.